The zero-order chi connectivity index (χ0) is 13.6. The molecule has 108 valence electrons. The van der Waals surface area contributed by atoms with Crippen molar-refractivity contribution in [3.8, 4) is 0 Å². The summed E-state index contributed by atoms with van der Waals surface area (Å²) in [5, 5.41) is 4.32. The van der Waals surface area contributed by atoms with Crippen molar-refractivity contribution in [1.82, 2.24) is 5.43 Å². The normalized spacial score (nSPS) is 20.3. The van der Waals surface area contributed by atoms with Gasteiger partial charge in [0.25, 0.3) is 0 Å². The Morgan fingerprint density at radius 1 is 1.53 bits per heavy atom. The van der Waals surface area contributed by atoms with Gasteiger partial charge in [0.2, 0.25) is 0 Å². The van der Waals surface area contributed by atoms with Crippen LogP contribution >= 0.6 is 11.3 Å². The number of thiophene rings is 1. The molecule has 0 radical (unpaired) electrons. The number of hydrogen-bond donors (Lipinski definition) is 2. The van der Waals surface area contributed by atoms with E-state index in [2.05, 4.69) is 22.3 Å². The lowest BCUT2D eigenvalue weighted by Gasteiger charge is -2.42. The topological polar surface area (TPSA) is 56.5 Å². The van der Waals surface area contributed by atoms with Gasteiger partial charge in [-0.15, -0.1) is 0 Å². The highest BCUT2D eigenvalue weighted by Crippen LogP contribution is 2.31. The number of aryl methyl sites for hydroxylation is 1. The Hall–Kier alpha value is -0.460. The molecule has 1 aromatic heterocycles. The van der Waals surface area contributed by atoms with Crippen molar-refractivity contribution < 1.29 is 9.47 Å². The third kappa shape index (κ3) is 3.77. The molecule has 0 amide bonds. The van der Waals surface area contributed by atoms with Crippen LogP contribution in [0.15, 0.2) is 16.8 Å². The minimum Gasteiger partial charge on any atom is -0.381 e. The fourth-order valence-corrected chi connectivity index (χ4v) is 3.55. The Morgan fingerprint density at radius 3 is 2.89 bits per heavy atom. The van der Waals surface area contributed by atoms with Crippen molar-refractivity contribution in [3.63, 3.8) is 0 Å². The first-order chi connectivity index (χ1) is 9.30. The third-order valence-corrected chi connectivity index (χ3v) is 4.64. The number of hydrazine groups is 1. The molecule has 0 spiro atoms. The SMILES string of the molecule is CCOC1(C(CCc2ccsc2)NN)CCOCC1. The summed E-state index contributed by atoms with van der Waals surface area (Å²) in [7, 11) is 0. The van der Waals surface area contributed by atoms with E-state index < -0.39 is 0 Å². The zero-order valence-corrected chi connectivity index (χ0v) is 12.4. The second-order valence-corrected chi connectivity index (χ2v) is 5.78. The van der Waals surface area contributed by atoms with E-state index >= 15 is 0 Å². The Morgan fingerprint density at radius 2 is 2.32 bits per heavy atom. The van der Waals surface area contributed by atoms with Gasteiger partial charge in [-0.1, -0.05) is 0 Å². The molecule has 5 heteroatoms. The van der Waals surface area contributed by atoms with Crippen molar-refractivity contribution in [2.75, 3.05) is 19.8 Å². The Labute approximate surface area is 119 Å². The van der Waals surface area contributed by atoms with Gasteiger partial charge in [0.05, 0.1) is 11.6 Å². The van der Waals surface area contributed by atoms with Gasteiger partial charge in [0.1, 0.15) is 0 Å². The molecule has 1 saturated heterocycles. The number of hydrogen-bond acceptors (Lipinski definition) is 5. The van der Waals surface area contributed by atoms with Gasteiger partial charge in [-0.3, -0.25) is 11.3 Å². The molecule has 19 heavy (non-hydrogen) atoms. The maximum atomic E-state index is 6.07. The molecule has 1 aliphatic heterocycles. The standard InChI is InChI=1S/C14H24N2O2S/c1-2-18-14(6-8-17-9-7-14)13(16-15)4-3-12-5-10-19-11-12/h5,10-11,13,16H,2-4,6-9,15H2,1H3. The Balaban J connectivity index is 1.99. The summed E-state index contributed by atoms with van der Waals surface area (Å²) in [6, 6.07) is 2.35. The monoisotopic (exact) mass is 284 g/mol. The van der Waals surface area contributed by atoms with E-state index in [1.807, 2.05) is 6.92 Å². The lowest BCUT2D eigenvalue weighted by atomic mass is 9.83. The van der Waals surface area contributed by atoms with Crippen LogP contribution in [0.25, 0.3) is 0 Å². The van der Waals surface area contributed by atoms with Crippen LogP contribution in [0.1, 0.15) is 31.7 Å². The molecule has 1 fully saturated rings. The van der Waals surface area contributed by atoms with Crippen molar-refractivity contribution in [2.24, 2.45) is 5.84 Å². The first-order valence-corrected chi connectivity index (χ1v) is 7.94. The minimum absolute atomic E-state index is 0.169. The van der Waals surface area contributed by atoms with Gasteiger partial charge in [-0.2, -0.15) is 11.3 Å². The molecule has 1 atom stereocenters. The molecule has 2 rings (SSSR count). The quantitative estimate of drug-likeness (QED) is 0.595. The molecule has 4 nitrogen and oxygen atoms in total. The van der Waals surface area contributed by atoms with Crippen LogP contribution in [0.5, 0.6) is 0 Å². The number of ether oxygens (including phenoxy) is 2. The van der Waals surface area contributed by atoms with Crippen LogP contribution in [0, 0.1) is 0 Å². The summed E-state index contributed by atoms with van der Waals surface area (Å²) in [5.41, 5.74) is 4.19. The number of nitrogens with one attached hydrogen (secondary N) is 1. The van der Waals surface area contributed by atoms with Gasteiger partial charge in [-0.25, -0.2) is 0 Å². The van der Waals surface area contributed by atoms with E-state index in [4.69, 9.17) is 15.3 Å². The molecular formula is C14H24N2O2S. The summed E-state index contributed by atoms with van der Waals surface area (Å²) in [4.78, 5) is 0. The molecule has 0 aliphatic carbocycles. The van der Waals surface area contributed by atoms with E-state index in [0.717, 1.165) is 45.5 Å². The fourth-order valence-electron chi connectivity index (χ4n) is 2.84. The summed E-state index contributed by atoms with van der Waals surface area (Å²) in [6.45, 7) is 4.29. The fraction of sp³-hybridized carbons (Fsp3) is 0.714. The zero-order valence-electron chi connectivity index (χ0n) is 11.6. The Bertz CT molecular complexity index is 345. The summed E-state index contributed by atoms with van der Waals surface area (Å²) < 4.78 is 11.5. The van der Waals surface area contributed by atoms with Crippen molar-refractivity contribution in [3.05, 3.63) is 22.4 Å². The van der Waals surface area contributed by atoms with Crippen molar-refractivity contribution in [1.29, 1.82) is 0 Å². The predicted octanol–water partition coefficient (Wildman–Crippen LogP) is 2.10. The highest BCUT2D eigenvalue weighted by molar-refractivity contribution is 7.07. The summed E-state index contributed by atoms with van der Waals surface area (Å²) in [6.07, 6.45) is 3.86. The van der Waals surface area contributed by atoms with E-state index in [1.165, 1.54) is 5.56 Å². The van der Waals surface area contributed by atoms with E-state index in [9.17, 15) is 0 Å². The average Bonchev–Trinajstić information content (AvgIpc) is 2.94. The van der Waals surface area contributed by atoms with Crippen LogP contribution in [-0.4, -0.2) is 31.5 Å². The van der Waals surface area contributed by atoms with Gasteiger partial charge in [0.15, 0.2) is 0 Å². The highest BCUT2D eigenvalue weighted by Gasteiger charge is 2.40. The Kier molecular flexibility index (Phi) is 5.78. The second-order valence-electron chi connectivity index (χ2n) is 5.00. The molecular weight excluding hydrogens is 260 g/mol. The van der Waals surface area contributed by atoms with Gasteiger partial charge < -0.3 is 9.47 Å². The molecule has 1 aliphatic rings. The van der Waals surface area contributed by atoms with Crippen LogP contribution in [0.3, 0.4) is 0 Å². The second kappa shape index (κ2) is 7.36. The van der Waals surface area contributed by atoms with Crippen molar-refractivity contribution >= 4 is 11.3 Å². The van der Waals surface area contributed by atoms with Gasteiger partial charge in [0, 0.05) is 32.7 Å². The molecule has 0 aromatic carbocycles. The largest absolute Gasteiger partial charge is 0.381 e. The lowest BCUT2D eigenvalue weighted by molar-refractivity contribution is -0.127. The first-order valence-electron chi connectivity index (χ1n) is 6.99. The van der Waals surface area contributed by atoms with Gasteiger partial charge in [-0.05, 0) is 42.2 Å². The first kappa shape index (κ1) is 14.9. The highest BCUT2D eigenvalue weighted by atomic mass is 32.1. The molecule has 3 N–H and O–H groups in total. The molecule has 1 unspecified atom stereocenters. The molecule has 0 saturated carbocycles. The van der Waals surface area contributed by atoms with Crippen molar-refractivity contribution in [2.45, 2.75) is 44.2 Å². The molecule has 1 aromatic rings. The van der Waals surface area contributed by atoms with E-state index in [-0.39, 0.29) is 11.6 Å². The van der Waals surface area contributed by atoms with Crippen LogP contribution in [0.2, 0.25) is 0 Å². The lowest BCUT2D eigenvalue weighted by Crippen LogP contribution is -2.57. The number of nitrogens with two attached hydrogens (primary N) is 1. The van der Waals surface area contributed by atoms with Gasteiger partial charge >= 0.3 is 0 Å². The van der Waals surface area contributed by atoms with Crippen LogP contribution in [0.4, 0.5) is 0 Å². The number of rotatable bonds is 7. The van der Waals surface area contributed by atoms with Crippen LogP contribution < -0.4 is 11.3 Å². The van der Waals surface area contributed by atoms with Crippen LogP contribution in [-0.2, 0) is 15.9 Å². The average molecular weight is 284 g/mol. The molecule has 2 heterocycles. The predicted molar refractivity (Wildman–Crippen MR) is 78.2 cm³/mol. The minimum atomic E-state index is -0.169. The van der Waals surface area contributed by atoms with E-state index in [1.54, 1.807) is 11.3 Å². The summed E-state index contributed by atoms with van der Waals surface area (Å²) >= 11 is 1.74. The smallest absolute Gasteiger partial charge is 0.0891 e. The maximum Gasteiger partial charge on any atom is 0.0891 e. The maximum absolute atomic E-state index is 6.07. The van der Waals surface area contributed by atoms with E-state index in [0.29, 0.717) is 0 Å². The third-order valence-electron chi connectivity index (χ3n) is 3.91. The summed E-state index contributed by atoms with van der Waals surface area (Å²) in [5.74, 6) is 5.79. The molecule has 0 bridgehead atoms.